The predicted octanol–water partition coefficient (Wildman–Crippen LogP) is 2.01. The molecule has 2 rings (SSSR count). The highest BCUT2D eigenvalue weighted by atomic mass is 35.5. The number of amides is 1. The number of aryl methyl sites for hydroxylation is 2. The summed E-state index contributed by atoms with van der Waals surface area (Å²) >= 11 is 5.95. The Morgan fingerprint density at radius 1 is 1.50 bits per heavy atom. The molecule has 22 heavy (non-hydrogen) atoms. The van der Waals surface area contributed by atoms with Crippen molar-refractivity contribution in [2.24, 2.45) is 5.10 Å². The van der Waals surface area contributed by atoms with Crippen molar-refractivity contribution in [3.8, 4) is 0 Å². The van der Waals surface area contributed by atoms with Crippen molar-refractivity contribution in [3.05, 3.63) is 16.4 Å². The standard InChI is InChI=1S/C12H14ClF3N4O2/c1-7-10(13)8(2)19(18-7)6-3-9(21)20-11(22,4-5-17-20)12(14,15)16/h5,22H,3-4,6H2,1-2H3/t11-/m1/s1. The van der Waals surface area contributed by atoms with Crippen LogP contribution in [0.25, 0.3) is 0 Å². The summed E-state index contributed by atoms with van der Waals surface area (Å²) in [6, 6.07) is 0. The van der Waals surface area contributed by atoms with Crippen LogP contribution in [0.5, 0.6) is 0 Å². The number of nitrogens with zero attached hydrogens (tertiary/aromatic N) is 4. The number of alkyl halides is 3. The van der Waals surface area contributed by atoms with E-state index in [2.05, 4.69) is 10.2 Å². The van der Waals surface area contributed by atoms with Crippen LogP contribution in [0.3, 0.4) is 0 Å². The molecule has 0 saturated heterocycles. The van der Waals surface area contributed by atoms with Crippen LogP contribution in [0.4, 0.5) is 13.2 Å². The molecule has 0 aromatic carbocycles. The highest BCUT2D eigenvalue weighted by molar-refractivity contribution is 6.31. The summed E-state index contributed by atoms with van der Waals surface area (Å²) in [5.74, 6) is -0.947. The van der Waals surface area contributed by atoms with E-state index in [1.807, 2.05) is 0 Å². The van der Waals surface area contributed by atoms with Crippen LogP contribution in [-0.2, 0) is 11.3 Å². The topological polar surface area (TPSA) is 70.7 Å². The van der Waals surface area contributed by atoms with Crippen LogP contribution in [-0.4, -0.2) is 43.9 Å². The monoisotopic (exact) mass is 338 g/mol. The lowest BCUT2D eigenvalue weighted by molar-refractivity contribution is -0.302. The number of halogens is 4. The van der Waals surface area contributed by atoms with Gasteiger partial charge in [-0.25, -0.2) is 0 Å². The van der Waals surface area contributed by atoms with Crippen molar-refractivity contribution >= 4 is 23.7 Å². The van der Waals surface area contributed by atoms with Crippen LogP contribution in [0.2, 0.25) is 5.02 Å². The van der Waals surface area contributed by atoms with Gasteiger partial charge in [0.25, 0.3) is 5.72 Å². The van der Waals surface area contributed by atoms with Gasteiger partial charge in [0, 0.05) is 19.1 Å². The van der Waals surface area contributed by atoms with E-state index in [-0.39, 0.29) is 18.0 Å². The third-order valence-corrected chi connectivity index (χ3v) is 3.99. The largest absolute Gasteiger partial charge is 0.438 e. The van der Waals surface area contributed by atoms with Crippen LogP contribution in [0.15, 0.2) is 5.10 Å². The zero-order valence-electron chi connectivity index (χ0n) is 11.9. The molecule has 1 aromatic rings. The van der Waals surface area contributed by atoms with Crippen LogP contribution >= 0.6 is 11.6 Å². The van der Waals surface area contributed by atoms with Crippen molar-refractivity contribution < 1.29 is 23.1 Å². The number of carbonyl (C=O) groups is 1. The Morgan fingerprint density at radius 2 is 2.14 bits per heavy atom. The third kappa shape index (κ3) is 2.70. The molecule has 1 atom stereocenters. The van der Waals surface area contributed by atoms with Crippen molar-refractivity contribution in [1.29, 1.82) is 0 Å². The van der Waals surface area contributed by atoms with Gasteiger partial charge in [-0.3, -0.25) is 9.48 Å². The predicted molar refractivity (Wildman–Crippen MR) is 72.3 cm³/mol. The Bertz CT molecular complexity index is 629. The van der Waals surface area contributed by atoms with Gasteiger partial charge < -0.3 is 5.11 Å². The number of carbonyl (C=O) groups excluding carboxylic acids is 1. The van der Waals surface area contributed by atoms with Gasteiger partial charge in [0.2, 0.25) is 5.91 Å². The molecule has 0 saturated carbocycles. The first kappa shape index (κ1) is 16.8. The van der Waals surface area contributed by atoms with Gasteiger partial charge >= 0.3 is 6.18 Å². The SMILES string of the molecule is Cc1nn(CCC(=O)N2N=CC[C@@]2(O)C(F)(F)F)c(C)c1Cl. The fourth-order valence-corrected chi connectivity index (χ4v) is 2.27. The summed E-state index contributed by atoms with van der Waals surface area (Å²) in [6.45, 7) is 3.41. The average molecular weight is 339 g/mol. The minimum atomic E-state index is -4.99. The van der Waals surface area contributed by atoms with E-state index < -0.39 is 24.2 Å². The first-order valence-corrected chi connectivity index (χ1v) is 6.80. The van der Waals surface area contributed by atoms with E-state index in [1.54, 1.807) is 13.8 Å². The number of hydrazone groups is 1. The quantitative estimate of drug-likeness (QED) is 0.916. The smallest absolute Gasteiger partial charge is 0.362 e. The summed E-state index contributed by atoms with van der Waals surface area (Å²) in [5, 5.41) is 17.6. The Kier molecular flexibility index (Phi) is 4.22. The molecule has 1 amide bonds. The Balaban J connectivity index is 2.09. The van der Waals surface area contributed by atoms with Crippen LogP contribution < -0.4 is 0 Å². The molecule has 0 unspecified atom stereocenters. The van der Waals surface area contributed by atoms with Crippen molar-refractivity contribution in [2.75, 3.05) is 0 Å². The molecule has 122 valence electrons. The zero-order chi connectivity index (χ0) is 16.7. The Hall–Kier alpha value is -1.61. The molecule has 10 heteroatoms. The highest BCUT2D eigenvalue weighted by Gasteiger charge is 2.61. The van der Waals surface area contributed by atoms with Crippen molar-refractivity contribution in [2.45, 2.75) is 45.1 Å². The van der Waals surface area contributed by atoms with Gasteiger partial charge in [0.1, 0.15) is 0 Å². The number of aliphatic hydroxyl groups is 1. The number of rotatable bonds is 3. The molecule has 2 heterocycles. The second kappa shape index (κ2) is 5.54. The van der Waals surface area contributed by atoms with Crippen LogP contribution in [0.1, 0.15) is 24.2 Å². The molecule has 0 aliphatic carbocycles. The maximum atomic E-state index is 12.9. The number of hydrogen-bond donors (Lipinski definition) is 1. The van der Waals surface area contributed by atoms with Gasteiger partial charge in [-0.1, -0.05) is 11.6 Å². The van der Waals surface area contributed by atoms with E-state index >= 15 is 0 Å². The molecule has 6 nitrogen and oxygen atoms in total. The highest BCUT2D eigenvalue weighted by Crippen LogP contribution is 2.38. The van der Waals surface area contributed by atoms with Crippen molar-refractivity contribution in [1.82, 2.24) is 14.8 Å². The molecule has 1 aliphatic heterocycles. The fourth-order valence-electron chi connectivity index (χ4n) is 2.14. The van der Waals surface area contributed by atoms with E-state index in [1.165, 1.54) is 4.68 Å². The second-order valence-electron chi connectivity index (χ2n) is 4.98. The van der Waals surface area contributed by atoms with Crippen molar-refractivity contribution in [3.63, 3.8) is 0 Å². The summed E-state index contributed by atoms with van der Waals surface area (Å²) in [4.78, 5) is 12.0. The Labute approximate surface area is 129 Å². The lowest BCUT2D eigenvalue weighted by atomic mass is 10.1. The Morgan fingerprint density at radius 3 is 2.64 bits per heavy atom. The molecular formula is C12H14ClF3N4O2. The molecule has 1 aromatic heterocycles. The van der Waals surface area contributed by atoms with Gasteiger partial charge in [0.05, 0.1) is 23.0 Å². The minimum absolute atomic E-state index is 0.0399. The van der Waals surface area contributed by atoms with E-state index in [0.29, 0.717) is 16.4 Å². The summed E-state index contributed by atoms with van der Waals surface area (Å²) < 4.78 is 40.1. The molecule has 0 radical (unpaired) electrons. The molecule has 1 N–H and O–H groups in total. The van der Waals surface area contributed by atoms with Gasteiger partial charge in [-0.05, 0) is 13.8 Å². The van der Waals surface area contributed by atoms with E-state index in [0.717, 1.165) is 6.21 Å². The van der Waals surface area contributed by atoms with E-state index in [4.69, 9.17) is 11.6 Å². The first-order valence-electron chi connectivity index (χ1n) is 6.42. The lowest BCUT2D eigenvalue weighted by Gasteiger charge is -2.32. The van der Waals surface area contributed by atoms with Crippen LogP contribution in [0, 0.1) is 13.8 Å². The summed E-state index contributed by atoms with van der Waals surface area (Å²) in [7, 11) is 0. The zero-order valence-corrected chi connectivity index (χ0v) is 12.6. The van der Waals surface area contributed by atoms with Gasteiger partial charge in [-0.2, -0.15) is 28.4 Å². The third-order valence-electron chi connectivity index (χ3n) is 3.44. The molecule has 0 bridgehead atoms. The minimum Gasteiger partial charge on any atom is -0.362 e. The maximum absolute atomic E-state index is 12.9. The lowest BCUT2D eigenvalue weighted by Crippen LogP contribution is -2.56. The average Bonchev–Trinajstić information content (AvgIpc) is 2.93. The normalized spacial score (nSPS) is 21.7. The maximum Gasteiger partial charge on any atom is 0.438 e. The molecular weight excluding hydrogens is 325 g/mol. The molecule has 0 spiro atoms. The second-order valence-corrected chi connectivity index (χ2v) is 5.36. The van der Waals surface area contributed by atoms with E-state index in [9.17, 15) is 23.1 Å². The summed E-state index contributed by atoms with van der Waals surface area (Å²) in [6.07, 6.45) is -5.20. The number of hydrogen-bond acceptors (Lipinski definition) is 4. The molecule has 0 fully saturated rings. The fraction of sp³-hybridized carbons (Fsp3) is 0.583. The first-order chi connectivity index (χ1) is 10.1. The number of aromatic nitrogens is 2. The van der Waals surface area contributed by atoms with Gasteiger partial charge in [-0.15, -0.1) is 0 Å². The molecule has 1 aliphatic rings. The van der Waals surface area contributed by atoms with Gasteiger partial charge in [0.15, 0.2) is 0 Å². The summed E-state index contributed by atoms with van der Waals surface area (Å²) in [5.41, 5.74) is -2.10.